The minimum atomic E-state index is -0.598. The van der Waals surface area contributed by atoms with E-state index < -0.39 is 24.0 Å². The molecule has 0 aliphatic rings. The van der Waals surface area contributed by atoms with Crippen LogP contribution in [-0.2, 0) is 11.8 Å². The third-order valence-corrected chi connectivity index (χ3v) is 3.85. The quantitative estimate of drug-likeness (QED) is 0.564. The number of carbonyl (C=O) groups is 1. The molecule has 0 saturated carbocycles. The van der Waals surface area contributed by atoms with E-state index in [1.54, 1.807) is 18.7 Å². The van der Waals surface area contributed by atoms with Crippen LogP contribution in [0.1, 0.15) is 12.4 Å². The first-order valence-corrected chi connectivity index (χ1v) is 8.05. The fourth-order valence-electron chi connectivity index (χ4n) is 2.53. The topological polar surface area (TPSA) is 72.7 Å². The minimum absolute atomic E-state index is 0.0774. The molecule has 0 radical (unpaired) electrons. The molecule has 27 heavy (non-hydrogen) atoms. The van der Waals surface area contributed by atoms with Gasteiger partial charge >= 0.3 is 0 Å². The van der Waals surface area contributed by atoms with Gasteiger partial charge in [0.15, 0.2) is 0 Å². The summed E-state index contributed by atoms with van der Waals surface area (Å²) in [5.74, 6) is -0.519. The van der Waals surface area contributed by atoms with Crippen LogP contribution in [0.2, 0.25) is 0 Å². The highest BCUT2D eigenvalue weighted by Gasteiger charge is 2.07. The molecule has 2 heterocycles. The fourth-order valence-corrected chi connectivity index (χ4v) is 2.53. The maximum absolute atomic E-state index is 12.3. The van der Waals surface area contributed by atoms with Crippen LogP contribution in [0.3, 0.4) is 0 Å². The Hall–Kier alpha value is -3.80. The van der Waals surface area contributed by atoms with Crippen LogP contribution >= 0.6 is 0 Å². The third-order valence-electron chi connectivity index (χ3n) is 3.85. The van der Waals surface area contributed by atoms with Crippen LogP contribution in [0, 0.1) is 0 Å². The summed E-state index contributed by atoms with van der Waals surface area (Å²) in [7, 11) is 1.89. The van der Waals surface area contributed by atoms with Gasteiger partial charge in [0.1, 0.15) is 0 Å². The second kappa shape index (κ2) is 7.21. The van der Waals surface area contributed by atoms with Crippen molar-refractivity contribution in [3.05, 3.63) is 78.8 Å². The lowest BCUT2D eigenvalue weighted by molar-refractivity contribution is -0.111. The Bertz CT molecular complexity index is 1370. The smallest absolute Gasteiger partial charge is 0.250 e. The maximum atomic E-state index is 12.3. The number of imidazole rings is 1. The highest BCUT2D eigenvalue weighted by molar-refractivity contribution is 6.01. The number of hydrogen-bond acceptors (Lipinski definition) is 4. The summed E-state index contributed by atoms with van der Waals surface area (Å²) in [6, 6.07) is 3.49. The van der Waals surface area contributed by atoms with Crippen LogP contribution < -0.4 is 5.32 Å². The zero-order valence-corrected chi connectivity index (χ0v) is 14.3. The number of carbonyl (C=O) groups excluding carboxylic acids is 1. The summed E-state index contributed by atoms with van der Waals surface area (Å²) < 4.78 is 40.7. The number of benzene rings is 2. The van der Waals surface area contributed by atoms with Gasteiger partial charge in [0.2, 0.25) is 5.95 Å². The second-order valence-corrected chi connectivity index (χ2v) is 5.72. The summed E-state index contributed by atoms with van der Waals surface area (Å²) in [6.45, 7) is 0. The molecule has 1 N–H and O–H groups in total. The summed E-state index contributed by atoms with van der Waals surface area (Å²) >= 11 is 0. The fraction of sp³-hybridized carbons (Fsp3) is 0.0476. The normalized spacial score (nSPS) is 13.7. The summed E-state index contributed by atoms with van der Waals surface area (Å²) in [6.07, 6.45) is 7.29. The van der Waals surface area contributed by atoms with Gasteiger partial charge in [-0.25, -0.2) is 15.0 Å². The lowest BCUT2D eigenvalue weighted by Crippen LogP contribution is -2.10. The lowest BCUT2D eigenvalue weighted by Gasteiger charge is -2.06. The van der Waals surface area contributed by atoms with Gasteiger partial charge in [0.25, 0.3) is 5.91 Å². The molecule has 0 aliphatic carbocycles. The van der Waals surface area contributed by atoms with E-state index in [1.807, 2.05) is 29.8 Å². The van der Waals surface area contributed by atoms with Crippen molar-refractivity contribution in [2.24, 2.45) is 7.05 Å². The Balaban J connectivity index is 1.58. The maximum Gasteiger partial charge on any atom is 0.250 e. The number of amides is 1. The van der Waals surface area contributed by atoms with Crippen molar-refractivity contribution in [2.45, 2.75) is 0 Å². The number of rotatable bonds is 4. The third kappa shape index (κ3) is 3.74. The summed E-state index contributed by atoms with van der Waals surface area (Å²) in [4.78, 5) is 25.0. The number of aryl methyl sites for hydroxylation is 1. The predicted molar refractivity (Wildman–Crippen MR) is 106 cm³/mol. The SMILES string of the molecule is [2H]c1c([2H])c([2H])c(/C=C/C(=O)Nc2ncc3ccc(-c4cncn4C)cc3n2)c([2H])c1[2H]. The van der Waals surface area contributed by atoms with Crippen molar-refractivity contribution < 1.29 is 11.6 Å². The highest BCUT2D eigenvalue weighted by Crippen LogP contribution is 2.23. The molecular weight excluding hydrogens is 338 g/mol. The summed E-state index contributed by atoms with van der Waals surface area (Å²) in [5.41, 5.74) is 2.38. The van der Waals surface area contributed by atoms with E-state index in [4.69, 9.17) is 6.85 Å². The van der Waals surface area contributed by atoms with E-state index in [2.05, 4.69) is 20.3 Å². The molecule has 0 aliphatic heterocycles. The molecule has 0 atom stereocenters. The largest absolute Gasteiger partial charge is 0.334 e. The van der Waals surface area contributed by atoms with E-state index in [-0.39, 0.29) is 23.6 Å². The first-order valence-electron chi connectivity index (χ1n) is 10.6. The zero-order valence-electron chi connectivity index (χ0n) is 19.3. The van der Waals surface area contributed by atoms with Crippen molar-refractivity contribution in [1.29, 1.82) is 0 Å². The Morgan fingerprint density at radius 3 is 2.85 bits per heavy atom. The molecule has 0 unspecified atom stereocenters. The Morgan fingerprint density at radius 1 is 1.22 bits per heavy atom. The van der Waals surface area contributed by atoms with E-state index in [0.717, 1.165) is 22.7 Å². The van der Waals surface area contributed by atoms with Crippen molar-refractivity contribution in [2.75, 3.05) is 5.32 Å². The molecule has 2 aromatic heterocycles. The average Bonchev–Trinajstić information content (AvgIpc) is 3.21. The van der Waals surface area contributed by atoms with Crippen LogP contribution in [0.5, 0.6) is 0 Å². The molecule has 6 nitrogen and oxygen atoms in total. The number of nitrogens with zero attached hydrogens (tertiary/aromatic N) is 4. The molecule has 132 valence electrons. The van der Waals surface area contributed by atoms with E-state index >= 15 is 0 Å². The molecule has 0 saturated heterocycles. The first kappa shape index (κ1) is 11.7. The second-order valence-electron chi connectivity index (χ2n) is 5.72. The van der Waals surface area contributed by atoms with Crippen LogP contribution in [0.4, 0.5) is 5.95 Å². The molecule has 0 spiro atoms. The van der Waals surface area contributed by atoms with Crippen LogP contribution in [-0.4, -0.2) is 25.4 Å². The molecular formula is C21H17N5O. The predicted octanol–water partition coefficient (Wildman–Crippen LogP) is 3.68. The molecule has 1 amide bonds. The van der Waals surface area contributed by atoms with Gasteiger partial charge in [0.05, 0.1) is 30.6 Å². The number of anilines is 1. The van der Waals surface area contributed by atoms with Gasteiger partial charge in [-0.05, 0) is 17.7 Å². The molecule has 0 bridgehead atoms. The standard InChI is InChI=1S/C21H17N5O/c1-26-14-22-13-19(26)16-8-9-17-12-23-21(24-18(17)11-16)25-20(27)10-7-15-5-3-2-4-6-15/h2-14H,1H3,(H,23,24,25,27)/b10-7+/i2D,3D,4D,5D,6D. The minimum Gasteiger partial charge on any atom is -0.334 e. The van der Waals surface area contributed by atoms with Crippen LogP contribution in [0.25, 0.3) is 28.2 Å². The molecule has 4 rings (SSSR count). The highest BCUT2D eigenvalue weighted by atomic mass is 16.1. The monoisotopic (exact) mass is 360 g/mol. The number of aromatic nitrogens is 4. The van der Waals surface area contributed by atoms with Gasteiger partial charge in [-0.15, -0.1) is 0 Å². The van der Waals surface area contributed by atoms with Crippen molar-refractivity contribution in [3.63, 3.8) is 0 Å². The van der Waals surface area contributed by atoms with Crippen molar-refractivity contribution >= 4 is 28.8 Å². The average molecular weight is 360 g/mol. The zero-order chi connectivity index (χ0) is 23.0. The number of nitrogens with one attached hydrogen (secondary N) is 1. The van der Waals surface area contributed by atoms with Crippen molar-refractivity contribution in [3.8, 4) is 11.3 Å². The molecule has 0 fully saturated rings. The van der Waals surface area contributed by atoms with Gasteiger partial charge in [-0.2, -0.15) is 0 Å². The van der Waals surface area contributed by atoms with E-state index in [1.165, 1.54) is 6.08 Å². The van der Waals surface area contributed by atoms with Gasteiger partial charge in [0, 0.05) is 30.3 Å². The Labute approximate surface area is 163 Å². The number of hydrogen-bond donors (Lipinski definition) is 1. The number of fused-ring (bicyclic) bond motifs is 1. The Kier molecular flexibility index (Phi) is 3.14. The van der Waals surface area contributed by atoms with Gasteiger partial charge < -0.3 is 4.57 Å². The molecule has 2 aromatic carbocycles. The first-order chi connectivity index (χ1) is 15.3. The Morgan fingerprint density at radius 2 is 2.07 bits per heavy atom. The van der Waals surface area contributed by atoms with Gasteiger partial charge in [-0.1, -0.05) is 42.3 Å². The molecule has 6 heteroatoms. The molecule has 4 aromatic rings. The lowest BCUT2D eigenvalue weighted by atomic mass is 10.1. The van der Waals surface area contributed by atoms with E-state index in [9.17, 15) is 4.79 Å². The van der Waals surface area contributed by atoms with Crippen molar-refractivity contribution in [1.82, 2.24) is 19.5 Å². The van der Waals surface area contributed by atoms with E-state index in [0.29, 0.717) is 5.52 Å². The summed E-state index contributed by atoms with van der Waals surface area (Å²) in [5, 5.41) is 3.33. The van der Waals surface area contributed by atoms with Crippen LogP contribution in [0.15, 0.2) is 73.2 Å². The van der Waals surface area contributed by atoms with Gasteiger partial charge in [-0.3, -0.25) is 10.1 Å².